The third-order valence-electron chi connectivity index (χ3n) is 5.64. The first-order valence-electron chi connectivity index (χ1n) is 10.1. The molecule has 1 aromatic heterocycles. The van der Waals surface area contributed by atoms with Crippen LogP contribution in [0.5, 0.6) is 5.75 Å². The maximum Gasteiger partial charge on any atom is 0.258 e. The van der Waals surface area contributed by atoms with E-state index in [0.717, 1.165) is 28.7 Å². The number of aromatic nitrogens is 2. The molecule has 0 bridgehead atoms. The molecule has 2 aromatic carbocycles. The van der Waals surface area contributed by atoms with Crippen molar-refractivity contribution >= 4 is 17.5 Å². The number of aromatic hydroxyl groups is 1. The van der Waals surface area contributed by atoms with Crippen molar-refractivity contribution in [1.82, 2.24) is 14.7 Å². The molecule has 30 heavy (non-hydrogen) atoms. The molecule has 0 fully saturated rings. The summed E-state index contributed by atoms with van der Waals surface area (Å²) >= 11 is 6.49. The topological polar surface area (TPSA) is 58.4 Å². The van der Waals surface area contributed by atoms with Crippen LogP contribution in [0.25, 0.3) is 11.1 Å². The largest absolute Gasteiger partial charge is 0.508 e. The summed E-state index contributed by atoms with van der Waals surface area (Å²) in [5, 5.41) is 14.6. The fraction of sp³-hybridized carbons (Fsp3) is 0.333. The van der Waals surface area contributed by atoms with E-state index < -0.39 is 0 Å². The Kier molecular flexibility index (Phi) is 5.10. The minimum absolute atomic E-state index is 0.0907. The Morgan fingerprint density at radius 2 is 1.97 bits per heavy atom. The van der Waals surface area contributed by atoms with Crippen molar-refractivity contribution < 1.29 is 9.90 Å². The van der Waals surface area contributed by atoms with E-state index in [9.17, 15) is 9.90 Å². The van der Waals surface area contributed by atoms with Gasteiger partial charge in [0.25, 0.3) is 5.91 Å². The first-order valence-corrected chi connectivity index (χ1v) is 10.5. The van der Waals surface area contributed by atoms with Crippen molar-refractivity contribution in [2.75, 3.05) is 6.54 Å². The van der Waals surface area contributed by atoms with Crippen molar-refractivity contribution in [1.29, 1.82) is 0 Å². The number of rotatable bonds is 2. The highest BCUT2D eigenvalue weighted by Gasteiger charge is 2.28. The summed E-state index contributed by atoms with van der Waals surface area (Å²) in [7, 11) is 0. The minimum Gasteiger partial charge on any atom is -0.508 e. The van der Waals surface area contributed by atoms with Gasteiger partial charge in [-0.15, -0.1) is 0 Å². The molecule has 5 nitrogen and oxygen atoms in total. The molecule has 156 valence electrons. The fourth-order valence-electron chi connectivity index (χ4n) is 3.99. The predicted molar refractivity (Wildman–Crippen MR) is 119 cm³/mol. The van der Waals surface area contributed by atoms with Crippen molar-refractivity contribution in [3.05, 3.63) is 70.0 Å². The maximum atomic E-state index is 13.2. The van der Waals surface area contributed by atoms with Gasteiger partial charge in [-0.05, 0) is 74.1 Å². The van der Waals surface area contributed by atoms with Gasteiger partial charge in [0.1, 0.15) is 10.9 Å². The van der Waals surface area contributed by atoms with Gasteiger partial charge in [-0.1, -0.05) is 35.9 Å². The molecular weight excluding hydrogens is 398 g/mol. The molecule has 1 aliphatic heterocycles. The summed E-state index contributed by atoms with van der Waals surface area (Å²) in [6, 6.07) is 11.9. The third-order valence-corrected chi connectivity index (χ3v) is 6.00. The number of phenols is 1. The molecule has 0 unspecified atom stereocenters. The molecule has 0 radical (unpaired) electrons. The van der Waals surface area contributed by atoms with Crippen LogP contribution < -0.4 is 0 Å². The lowest BCUT2D eigenvalue weighted by atomic mass is 9.90. The second-order valence-electron chi connectivity index (χ2n) is 8.85. The number of fused-ring (bicyclic) bond motifs is 1. The summed E-state index contributed by atoms with van der Waals surface area (Å²) in [4.78, 5) is 15.0. The number of halogens is 1. The molecule has 0 saturated heterocycles. The molecule has 3 aromatic rings. The monoisotopic (exact) mass is 423 g/mol. The Labute approximate surface area is 181 Å². The number of carbonyl (C=O) groups excluding carboxylic acids is 1. The van der Waals surface area contributed by atoms with Crippen molar-refractivity contribution in [3.63, 3.8) is 0 Å². The van der Waals surface area contributed by atoms with E-state index in [2.05, 4.69) is 17.2 Å². The lowest BCUT2D eigenvalue weighted by Crippen LogP contribution is -2.36. The Balaban J connectivity index is 1.63. The van der Waals surface area contributed by atoms with Crippen LogP contribution in [0.3, 0.4) is 0 Å². The lowest BCUT2D eigenvalue weighted by molar-refractivity contribution is 0.0735. The van der Waals surface area contributed by atoms with Crippen LogP contribution in [0.1, 0.15) is 47.8 Å². The summed E-state index contributed by atoms with van der Waals surface area (Å²) in [6.07, 6.45) is 2.34. The van der Waals surface area contributed by atoms with E-state index in [1.807, 2.05) is 50.8 Å². The zero-order chi connectivity index (χ0) is 21.6. The first kappa shape index (κ1) is 20.5. The fourth-order valence-corrected chi connectivity index (χ4v) is 4.42. The number of carbonyl (C=O) groups is 1. The Morgan fingerprint density at radius 1 is 1.20 bits per heavy atom. The van der Waals surface area contributed by atoms with Gasteiger partial charge in [0.15, 0.2) is 0 Å². The molecule has 0 spiro atoms. The van der Waals surface area contributed by atoms with Crippen molar-refractivity contribution in [3.8, 4) is 16.9 Å². The highest BCUT2D eigenvalue weighted by atomic mass is 35.5. The Morgan fingerprint density at radius 3 is 2.63 bits per heavy atom. The highest BCUT2D eigenvalue weighted by molar-refractivity contribution is 6.32. The van der Waals surface area contributed by atoms with Gasteiger partial charge in [-0.25, -0.2) is 4.68 Å². The number of nitrogens with zero attached hydrogens (tertiary/aromatic N) is 3. The molecular formula is C24H26ClN3O2. The molecule has 1 amide bonds. The third kappa shape index (κ3) is 3.58. The van der Waals surface area contributed by atoms with Gasteiger partial charge in [-0.2, -0.15) is 5.10 Å². The second-order valence-corrected chi connectivity index (χ2v) is 9.21. The van der Waals surface area contributed by atoms with Gasteiger partial charge in [-0.3, -0.25) is 4.79 Å². The van der Waals surface area contributed by atoms with Gasteiger partial charge in [0.2, 0.25) is 0 Å². The predicted octanol–water partition coefficient (Wildman–Crippen LogP) is 5.17. The molecule has 4 rings (SSSR count). The van der Waals surface area contributed by atoms with Crippen LogP contribution in [0.2, 0.25) is 5.15 Å². The number of benzene rings is 2. The van der Waals surface area contributed by atoms with Crippen LogP contribution >= 0.6 is 11.6 Å². The van der Waals surface area contributed by atoms with Crippen molar-refractivity contribution in [2.45, 2.75) is 46.2 Å². The van der Waals surface area contributed by atoms with E-state index in [1.165, 1.54) is 5.56 Å². The standard InChI is InChI=1S/C24H26ClN3O2/c1-15-12-16(8-9-21(15)29)18-7-5-6-17-14-27(11-10-19(17)18)23(30)20-13-26-28(22(20)25)24(2,3)4/h5-9,12-13,29H,10-11,14H2,1-4H3. The zero-order valence-corrected chi connectivity index (χ0v) is 18.5. The van der Waals surface area contributed by atoms with Crippen LogP contribution in [-0.4, -0.2) is 32.2 Å². The van der Waals surface area contributed by atoms with Crippen molar-refractivity contribution in [2.24, 2.45) is 0 Å². The SMILES string of the molecule is Cc1cc(-c2cccc3c2CCN(C(=O)c2cnn(C(C)(C)C)c2Cl)C3)ccc1O. The number of hydrogen-bond donors (Lipinski definition) is 1. The van der Waals surface area contributed by atoms with E-state index in [4.69, 9.17) is 11.6 Å². The number of phenolic OH excluding ortho intramolecular Hbond substituents is 1. The van der Waals surface area contributed by atoms with E-state index in [1.54, 1.807) is 16.9 Å². The summed E-state index contributed by atoms with van der Waals surface area (Å²) in [5.74, 6) is 0.208. The normalized spacial score (nSPS) is 14.0. The molecule has 0 atom stereocenters. The number of hydrogen-bond acceptors (Lipinski definition) is 3. The average Bonchev–Trinajstić information content (AvgIpc) is 3.10. The molecule has 0 saturated carbocycles. The van der Waals surface area contributed by atoms with Gasteiger partial charge in [0, 0.05) is 13.1 Å². The lowest BCUT2D eigenvalue weighted by Gasteiger charge is -2.30. The molecule has 2 heterocycles. The molecule has 6 heteroatoms. The minimum atomic E-state index is -0.290. The Bertz CT molecular complexity index is 1130. The molecule has 1 N–H and O–H groups in total. The van der Waals surface area contributed by atoms with Crippen LogP contribution in [-0.2, 0) is 18.5 Å². The number of amides is 1. The quantitative estimate of drug-likeness (QED) is 0.618. The number of aryl methyl sites for hydroxylation is 1. The summed E-state index contributed by atoms with van der Waals surface area (Å²) in [5.41, 5.74) is 5.63. The van der Waals surface area contributed by atoms with E-state index >= 15 is 0 Å². The summed E-state index contributed by atoms with van der Waals surface area (Å²) < 4.78 is 1.69. The zero-order valence-electron chi connectivity index (χ0n) is 17.7. The van der Waals surface area contributed by atoms with Gasteiger partial charge in [0.05, 0.1) is 17.3 Å². The first-order chi connectivity index (χ1) is 14.2. The van der Waals surface area contributed by atoms with E-state index in [-0.39, 0.29) is 11.4 Å². The Hall–Kier alpha value is -2.79. The average molecular weight is 424 g/mol. The smallest absolute Gasteiger partial charge is 0.258 e. The van der Waals surface area contributed by atoms with Gasteiger partial charge < -0.3 is 10.0 Å². The maximum absolute atomic E-state index is 13.2. The van der Waals surface area contributed by atoms with Crippen LogP contribution in [0.4, 0.5) is 0 Å². The van der Waals surface area contributed by atoms with Crippen LogP contribution in [0, 0.1) is 6.92 Å². The summed E-state index contributed by atoms with van der Waals surface area (Å²) in [6.45, 7) is 9.07. The highest BCUT2D eigenvalue weighted by Crippen LogP contribution is 2.33. The second kappa shape index (κ2) is 7.47. The van der Waals surface area contributed by atoms with Gasteiger partial charge >= 0.3 is 0 Å². The van der Waals surface area contributed by atoms with Crippen LogP contribution in [0.15, 0.2) is 42.6 Å². The molecule has 1 aliphatic rings. The van der Waals surface area contributed by atoms with E-state index in [0.29, 0.717) is 29.6 Å². The molecule has 0 aliphatic carbocycles.